The number of ketones is 1. The van der Waals surface area contributed by atoms with Crippen LogP contribution < -0.4 is 9.64 Å². The molecule has 1 saturated heterocycles. The monoisotopic (exact) mass is 516 g/mol. The van der Waals surface area contributed by atoms with Crippen LogP contribution in [-0.2, 0) is 16.9 Å². The predicted molar refractivity (Wildman–Crippen MR) is 153 cm³/mol. The number of likely N-dealkylation sites (N-methyl/N-ethyl adjacent to an activating group) is 1. The number of anilines is 1. The number of hydrogen-bond acceptors (Lipinski definition) is 4. The maximum Gasteiger partial charge on any atom is 0.253 e. The van der Waals surface area contributed by atoms with Gasteiger partial charge in [0.05, 0.1) is 19.6 Å². The minimum atomic E-state index is -1.11. The Kier molecular flexibility index (Phi) is 6.32. The van der Waals surface area contributed by atoms with Gasteiger partial charge in [-0.2, -0.15) is 0 Å². The van der Waals surface area contributed by atoms with Crippen LogP contribution in [-0.4, -0.2) is 37.3 Å². The molecule has 1 spiro atoms. The minimum absolute atomic E-state index is 0.0123. The quantitative estimate of drug-likeness (QED) is 0.296. The number of para-hydroxylation sites is 1. The number of rotatable bonds is 6. The summed E-state index contributed by atoms with van der Waals surface area (Å²) >= 11 is 0. The van der Waals surface area contributed by atoms with Crippen molar-refractivity contribution < 1.29 is 14.3 Å². The average Bonchev–Trinajstić information content (AvgIpc) is 3.42. The highest BCUT2D eigenvalue weighted by molar-refractivity contribution is 6.13. The van der Waals surface area contributed by atoms with Crippen LogP contribution in [0.3, 0.4) is 0 Å². The zero-order valence-corrected chi connectivity index (χ0v) is 22.5. The summed E-state index contributed by atoms with van der Waals surface area (Å²) in [7, 11) is 3.63. The Morgan fingerprint density at radius 3 is 2.28 bits per heavy atom. The van der Waals surface area contributed by atoms with Crippen LogP contribution in [0.15, 0.2) is 103 Å². The zero-order valence-electron chi connectivity index (χ0n) is 22.5. The van der Waals surface area contributed by atoms with Gasteiger partial charge >= 0.3 is 0 Å². The summed E-state index contributed by atoms with van der Waals surface area (Å²) in [6.45, 7) is 3.10. The van der Waals surface area contributed by atoms with E-state index in [1.54, 1.807) is 7.11 Å². The second kappa shape index (κ2) is 9.83. The lowest BCUT2D eigenvalue weighted by molar-refractivity contribution is -0.129. The first-order valence-electron chi connectivity index (χ1n) is 13.4. The number of fused-ring (bicyclic) bond motifs is 2. The van der Waals surface area contributed by atoms with Crippen LogP contribution in [0, 0.1) is 12.8 Å². The van der Waals surface area contributed by atoms with E-state index in [0.717, 1.165) is 33.7 Å². The van der Waals surface area contributed by atoms with E-state index in [-0.39, 0.29) is 17.6 Å². The molecular weight excluding hydrogens is 484 g/mol. The highest BCUT2D eigenvalue weighted by atomic mass is 16.5. The standard InChI is InChI=1S/C34H32N2O3/c1-23-11-7-8-14-26(23)21-36-30-16-10-9-15-29(30)34(33(36)38)31(32(37)25-12-5-4-6-13-25)28(22-35(34)2)24-17-19-27(39-3)20-18-24/h4-20,28,31H,21-22H2,1-3H3/t28-,31+,34+/m0/s1. The van der Waals surface area contributed by atoms with Crippen molar-refractivity contribution in [3.05, 3.63) is 131 Å². The van der Waals surface area contributed by atoms with Gasteiger partial charge in [0, 0.05) is 29.3 Å². The van der Waals surface area contributed by atoms with Crippen molar-refractivity contribution in [3.63, 3.8) is 0 Å². The molecule has 0 unspecified atom stereocenters. The first-order valence-corrected chi connectivity index (χ1v) is 13.4. The van der Waals surface area contributed by atoms with E-state index < -0.39 is 11.5 Å². The molecule has 3 atom stereocenters. The first kappa shape index (κ1) is 25.1. The summed E-state index contributed by atoms with van der Waals surface area (Å²) in [5.74, 6) is -0.0725. The molecule has 4 aromatic rings. The van der Waals surface area contributed by atoms with Crippen LogP contribution in [0.25, 0.3) is 0 Å². The molecule has 4 aromatic carbocycles. The summed E-state index contributed by atoms with van der Waals surface area (Å²) in [5, 5.41) is 0. The van der Waals surface area contributed by atoms with E-state index in [9.17, 15) is 9.59 Å². The maximum atomic E-state index is 14.8. The Labute approximate surface area is 229 Å². The molecule has 1 amide bonds. The number of ether oxygens (including phenoxy) is 1. The number of likely N-dealkylation sites (tertiary alicyclic amines) is 1. The average molecular weight is 517 g/mol. The molecule has 0 radical (unpaired) electrons. The lowest BCUT2D eigenvalue weighted by atomic mass is 9.70. The lowest BCUT2D eigenvalue weighted by Gasteiger charge is -2.36. The first-order chi connectivity index (χ1) is 19.0. The topological polar surface area (TPSA) is 49.9 Å². The number of benzene rings is 4. The molecule has 39 heavy (non-hydrogen) atoms. The molecule has 1 fully saturated rings. The fourth-order valence-electron chi connectivity index (χ4n) is 6.62. The highest BCUT2D eigenvalue weighted by Crippen LogP contribution is 2.57. The number of methoxy groups -OCH3 is 1. The van der Waals surface area contributed by atoms with Crippen molar-refractivity contribution >= 4 is 17.4 Å². The molecule has 2 heterocycles. The van der Waals surface area contributed by atoms with Gasteiger partial charge in [0.15, 0.2) is 5.78 Å². The van der Waals surface area contributed by atoms with Crippen LogP contribution in [0.2, 0.25) is 0 Å². The Balaban J connectivity index is 1.53. The van der Waals surface area contributed by atoms with Gasteiger partial charge in [0.2, 0.25) is 0 Å². The van der Waals surface area contributed by atoms with Gasteiger partial charge in [-0.05, 0) is 48.9 Å². The summed E-state index contributed by atoms with van der Waals surface area (Å²) in [6.07, 6.45) is 0. The number of nitrogens with zero attached hydrogens (tertiary/aromatic N) is 2. The van der Waals surface area contributed by atoms with Crippen LogP contribution >= 0.6 is 0 Å². The summed E-state index contributed by atoms with van der Waals surface area (Å²) in [4.78, 5) is 33.4. The molecule has 0 aromatic heterocycles. The third kappa shape index (κ3) is 3.88. The number of hydrogen-bond donors (Lipinski definition) is 0. The zero-order chi connectivity index (χ0) is 27.1. The van der Waals surface area contributed by atoms with Crippen molar-refractivity contribution in [2.75, 3.05) is 25.6 Å². The van der Waals surface area contributed by atoms with Gasteiger partial charge in [-0.1, -0.05) is 84.9 Å². The Morgan fingerprint density at radius 2 is 1.56 bits per heavy atom. The number of carbonyl (C=O) groups is 2. The van der Waals surface area contributed by atoms with E-state index in [0.29, 0.717) is 18.7 Å². The molecule has 6 rings (SSSR count). The molecule has 2 aliphatic rings. The third-order valence-corrected chi connectivity index (χ3v) is 8.58. The van der Waals surface area contributed by atoms with Gasteiger partial charge in [-0.3, -0.25) is 14.5 Å². The van der Waals surface area contributed by atoms with Crippen molar-refractivity contribution in [2.24, 2.45) is 5.92 Å². The molecule has 5 heteroatoms. The van der Waals surface area contributed by atoms with Crippen LogP contribution in [0.5, 0.6) is 5.75 Å². The number of amides is 1. The van der Waals surface area contributed by atoms with E-state index >= 15 is 0 Å². The van der Waals surface area contributed by atoms with Crippen molar-refractivity contribution in [1.82, 2.24) is 4.90 Å². The molecule has 0 bridgehead atoms. The largest absolute Gasteiger partial charge is 0.497 e. The van der Waals surface area contributed by atoms with Gasteiger partial charge < -0.3 is 9.64 Å². The van der Waals surface area contributed by atoms with Gasteiger partial charge in [0.1, 0.15) is 11.3 Å². The van der Waals surface area contributed by atoms with Crippen molar-refractivity contribution in [3.8, 4) is 5.75 Å². The minimum Gasteiger partial charge on any atom is -0.497 e. The highest BCUT2D eigenvalue weighted by Gasteiger charge is 2.66. The fraction of sp³-hybridized carbons (Fsp3) is 0.235. The predicted octanol–water partition coefficient (Wildman–Crippen LogP) is 5.97. The summed E-state index contributed by atoms with van der Waals surface area (Å²) < 4.78 is 5.40. The molecule has 2 aliphatic heterocycles. The second-order valence-corrected chi connectivity index (χ2v) is 10.6. The Morgan fingerprint density at radius 1 is 0.897 bits per heavy atom. The fourth-order valence-corrected chi connectivity index (χ4v) is 6.62. The molecule has 196 valence electrons. The molecule has 0 aliphatic carbocycles. The lowest BCUT2D eigenvalue weighted by Crippen LogP contribution is -2.53. The molecular formula is C34H32N2O3. The van der Waals surface area contributed by atoms with E-state index in [4.69, 9.17) is 4.74 Å². The molecule has 5 nitrogen and oxygen atoms in total. The Bertz CT molecular complexity index is 1530. The van der Waals surface area contributed by atoms with E-state index in [2.05, 4.69) is 24.0 Å². The number of aryl methyl sites for hydroxylation is 1. The van der Waals surface area contributed by atoms with E-state index in [1.807, 2.05) is 103 Å². The van der Waals surface area contributed by atoms with Crippen molar-refractivity contribution in [1.29, 1.82) is 0 Å². The number of carbonyl (C=O) groups excluding carboxylic acids is 2. The van der Waals surface area contributed by atoms with Crippen LogP contribution in [0.1, 0.15) is 38.5 Å². The maximum absolute atomic E-state index is 14.8. The summed E-state index contributed by atoms with van der Waals surface area (Å²) in [6, 6.07) is 33.5. The second-order valence-electron chi connectivity index (χ2n) is 10.6. The van der Waals surface area contributed by atoms with E-state index in [1.165, 1.54) is 0 Å². The molecule has 0 N–H and O–H groups in total. The molecule has 0 saturated carbocycles. The van der Waals surface area contributed by atoms with Gasteiger partial charge in [0.25, 0.3) is 5.91 Å². The van der Waals surface area contributed by atoms with Crippen molar-refractivity contribution in [2.45, 2.75) is 24.9 Å². The normalized spacial score (nSPS) is 22.3. The SMILES string of the molecule is COc1ccc([C@@H]2CN(C)[C@@]3(C(=O)N(Cc4ccccc4C)c4ccccc43)[C@H]2C(=O)c2ccccc2)cc1. The summed E-state index contributed by atoms with van der Waals surface area (Å²) in [5.41, 5.74) is 4.54. The smallest absolute Gasteiger partial charge is 0.253 e. The third-order valence-electron chi connectivity index (χ3n) is 8.58. The van der Waals surface area contributed by atoms with Crippen LogP contribution in [0.4, 0.5) is 5.69 Å². The Hall–Kier alpha value is -4.22. The van der Waals surface area contributed by atoms with Gasteiger partial charge in [-0.15, -0.1) is 0 Å². The number of Topliss-reactive ketones (excluding diaryl/α,β-unsaturated/α-hetero) is 1. The van der Waals surface area contributed by atoms with Gasteiger partial charge in [-0.25, -0.2) is 0 Å².